The molecule has 4 aromatic rings. The van der Waals surface area contributed by atoms with Gasteiger partial charge < -0.3 is 14.7 Å². The van der Waals surface area contributed by atoms with Crippen LogP contribution in [0.15, 0.2) is 72.8 Å². The smallest absolute Gasteiger partial charge is 0.0743 e. The van der Waals surface area contributed by atoms with Crippen LogP contribution < -0.4 is 4.74 Å². The van der Waals surface area contributed by atoms with E-state index in [2.05, 4.69) is 56.3 Å². The molecule has 0 unspecified atom stereocenters. The number of benzene rings is 1. The Hall–Kier alpha value is -3.87. The van der Waals surface area contributed by atoms with Crippen molar-refractivity contribution in [1.29, 1.82) is 0 Å². The van der Waals surface area contributed by atoms with Crippen molar-refractivity contribution in [3.8, 4) is 5.75 Å². The second-order valence-electron chi connectivity index (χ2n) is 7.34. The number of aromatic nitrogens is 4. The monoisotopic (exact) mass is 476 g/mol. The van der Waals surface area contributed by atoms with Crippen molar-refractivity contribution in [2.24, 2.45) is 0 Å². The molecule has 3 aromatic heterocycles. The Labute approximate surface area is 202 Å². The molecule has 0 spiro atoms. The molecule has 0 saturated heterocycles. The van der Waals surface area contributed by atoms with Gasteiger partial charge in [0.1, 0.15) is 0 Å². The Kier molecular flexibility index (Phi) is 6.88. The fourth-order valence-electron chi connectivity index (χ4n) is 3.45. The van der Waals surface area contributed by atoms with E-state index in [1.165, 1.54) is 0 Å². The van der Waals surface area contributed by atoms with Crippen LogP contribution in [0, 0.1) is 6.07 Å². The number of H-pyrrole nitrogens is 2. The minimum absolute atomic E-state index is 0. The second-order valence-corrected chi connectivity index (χ2v) is 7.34. The van der Waals surface area contributed by atoms with Crippen LogP contribution in [0.5, 0.6) is 5.75 Å². The van der Waals surface area contributed by atoms with Crippen LogP contribution in [0.4, 0.5) is 0 Å². The molecule has 5 heterocycles. The quantitative estimate of drug-likeness (QED) is 0.280. The number of methoxy groups -OCH3 is 1. The van der Waals surface area contributed by atoms with Crippen molar-refractivity contribution >= 4 is 46.4 Å². The average molecular weight is 476 g/mol. The maximum atomic E-state index is 4.86. The van der Waals surface area contributed by atoms with Crippen LogP contribution >= 0.6 is 0 Å². The second kappa shape index (κ2) is 10.2. The Morgan fingerprint density at radius 3 is 1.55 bits per heavy atom. The van der Waals surface area contributed by atoms with E-state index < -0.39 is 0 Å². The van der Waals surface area contributed by atoms with Gasteiger partial charge in [-0.25, -0.2) is 9.97 Å². The van der Waals surface area contributed by atoms with Crippen molar-refractivity contribution in [1.82, 2.24) is 19.9 Å². The summed E-state index contributed by atoms with van der Waals surface area (Å²) >= 11 is 0. The zero-order chi connectivity index (χ0) is 21.8. The number of hydrogen-bond donors (Lipinski definition) is 2. The van der Waals surface area contributed by atoms with E-state index in [0.717, 1.165) is 50.6 Å². The fourth-order valence-corrected chi connectivity index (χ4v) is 3.45. The van der Waals surface area contributed by atoms with Crippen molar-refractivity contribution in [2.75, 3.05) is 7.11 Å². The van der Waals surface area contributed by atoms with Gasteiger partial charge in [-0.05, 0) is 72.8 Å². The summed E-state index contributed by atoms with van der Waals surface area (Å²) in [6.45, 7) is 0. The van der Waals surface area contributed by atoms with Crippen LogP contribution in [0.25, 0.3) is 46.4 Å². The zero-order valence-electron chi connectivity index (χ0n) is 17.9. The molecule has 5 nitrogen and oxygen atoms in total. The number of aromatic amines is 2. The number of para-hydroxylation sites is 1. The first-order chi connectivity index (χ1) is 15.7. The van der Waals surface area contributed by atoms with Gasteiger partial charge in [0.05, 0.1) is 29.9 Å². The van der Waals surface area contributed by atoms with E-state index in [1.807, 2.05) is 66.8 Å². The van der Waals surface area contributed by atoms with E-state index in [1.54, 1.807) is 7.11 Å². The molecule has 0 amide bonds. The maximum Gasteiger partial charge on any atom is 0.0743 e. The molecule has 2 aliphatic rings. The first kappa shape index (κ1) is 22.3. The van der Waals surface area contributed by atoms with Gasteiger partial charge in [-0.15, -0.1) is 12.1 Å². The van der Waals surface area contributed by atoms with E-state index >= 15 is 0 Å². The predicted molar refractivity (Wildman–Crippen MR) is 131 cm³/mol. The van der Waals surface area contributed by atoms with E-state index in [4.69, 9.17) is 4.74 Å². The van der Waals surface area contributed by atoms with Gasteiger partial charge in [0.25, 0.3) is 0 Å². The van der Waals surface area contributed by atoms with Gasteiger partial charge in [0.2, 0.25) is 0 Å². The summed E-state index contributed by atoms with van der Waals surface area (Å²) in [4.78, 5) is 16.0. The molecule has 0 saturated carbocycles. The van der Waals surface area contributed by atoms with Crippen LogP contribution in [-0.2, 0) is 16.8 Å². The SMILES string of the molecule is C1=Cc2cc3ccc(cc4ccc(cc5nc(cc1n2)C=C5)[nH]4)[nH]3.COc1[c-]cccc1.[Co]. The maximum absolute atomic E-state index is 4.86. The Morgan fingerprint density at radius 2 is 1.12 bits per heavy atom. The van der Waals surface area contributed by atoms with E-state index in [0.29, 0.717) is 0 Å². The summed E-state index contributed by atoms with van der Waals surface area (Å²) in [7, 11) is 1.63. The molecule has 2 aliphatic heterocycles. The average Bonchev–Trinajstić information content (AvgIpc) is 3.61. The molecule has 0 atom stereocenters. The number of fused-ring (bicyclic) bond motifs is 8. The summed E-state index contributed by atoms with van der Waals surface area (Å²) < 4.78 is 4.86. The largest absolute Gasteiger partial charge is 0.523 e. The molecule has 0 aliphatic carbocycles. The Bertz CT molecular complexity index is 1380. The van der Waals surface area contributed by atoms with Gasteiger partial charge in [-0.3, -0.25) is 0 Å². The standard InChI is InChI=1S/C20H14N4.C7H7O.Co/c1-2-14-10-16-5-6-18(23-16)12-20-8-7-19(24-20)11-17-4-3-15(22-17)9-13(1)21-14;1-8-7-5-3-2-4-6-7;/h1-12,21-22H;2-5H,1H3;/q;-1;. The first-order valence-corrected chi connectivity index (χ1v) is 10.3. The molecular formula is C27H21CoN4O-. The number of ether oxygens (including phenoxy) is 1. The van der Waals surface area contributed by atoms with Crippen LogP contribution in [-0.4, -0.2) is 27.0 Å². The molecule has 2 N–H and O–H groups in total. The summed E-state index contributed by atoms with van der Waals surface area (Å²) in [6, 6.07) is 26.8. The third-order valence-electron chi connectivity index (χ3n) is 4.94. The molecule has 6 rings (SSSR count). The van der Waals surface area contributed by atoms with Crippen molar-refractivity contribution in [3.05, 3.63) is 102 Å². The molecule has 8 bridgehead atoms. The minimum atomic E-state index is 0. The summed E-state index contributed by atoms with van der Waals surface area (Å²) in [5.74, 6) is 0.785. The van der Waals surface area contributed by atoms with Crippen molar-refractivity contribution in [3.63, 3.8) is 0 Å². The summed E-state index contributed by atoms with van der Waals surface area (Å²) in [5, 5.41) is 0. The molecule has 1 aromatic carbocycles. The van der Waals surface area contributed by atoms with Gasteiger partial charge in [-0.2, -0.15) is 18.2 Å². The van der Waals surface area contributed by atoms with Gasteiger partial charge in [-0.1, -0.05) is 0 Å². The Morgan fingerprint density at radius 1 is 0.636 bits per heavy atom. The number of nitrogens with one attached hydrogen (secondary N) is 2. The van der Waals surface area contributed by atoms with Gasteiger partial charge in [0.15, 0.2) is 0 Å². The molecule has 6 heteroatoms. The van der Waals surface area contributed by atoms with Crippen molar-refractivity contribution in [2.45, 2.75) is 0 Å². The minimum Gasteiger partial charge on any atom is -0.523 e. The molecule has 1 radical (unpaired) electrons. The number of rotatable bonds is 1. The van der Waals surface area contributed by atoms with Gasteiger partial charge >= 0.3 is 0 Å². The summed E-state index contributed by atoms with van der Waals surface area (Å²) in [5.41, 5.74) is 7.86. The predicted octanol–water partition coefficient (Wildman–Crippen LogP) is 6.15. The number of hydrogen-bond acceptors (Lipinski definition) is 3. The molecular weight excluding hydrogens is 455 g/mol. The zero-order valence-corrected chi connectivity index (χ0v) is 18.9. The normalized spacial score (nSPS) is 11.3. The third kappa shape index (κ3) is 5.68. The first-order valence-electron chi connectivity index (χ1n) is 10.3. The summed E-state index contributed by atoms with van der Waals surface area (Å²) in [6.07, 6.45) is 8.05. The Balaban J connectivity index is 0.000000247. The number of nitrogens with zero attached hydrogens (tertiary/aromatic N) is 2. The molecule has 33 heavy (non-hydrogen) atoms. The fraction of sp³-hybridized carbons (Fsp3) is 0.0370. The van der Waals surface area contributed by atoms with Crippen molar-refractivity contribution < 1.29 is 21.5 Å². The van der Waals surface area contributed by atoms with Gasteiger partial charge in [0, 0.05) is 44.6 Å². The molecule has 165 valence electrons. The van der Waals surface area contributed by atoms with E-state index in [9.17, 15) is 0 Å². The van der Waals surface area contributed by atoms with Crippen LogP contribution in [0.1, 0.15) is 22.8 Å². The molecule has 0 fully saturated rings. The topological polar surface area (TPSA) is 66.6 Å². The van der Waals surface area contributed by atoms with E-state index in [-0.39, 0.29) is 16.8 Å². The van der Waals surface area contributed by atoms with Crippen LogP contribution in [0.3, 0.4) is 0 Å². The van der Waals surface area contributed by atoms with Crippen LogP contribution in [0.2, 0.25) is 0 Å². The third-order valence-corrected chi connectivity index (χ3v) is 4.94.